The molecule has 1 aliphatic rings. The summed E-state index contributed by atoms with van der Waals surface area (Å²) in [5, 5.41) is 10.2. The first-order valence-electron chi connectivity index (χ1n) is 8.14. The summed E-state index contributed by atoms with van der Waals surface area (Å²) >= 11 is 0. The molecule has 1 N–H and O–H groups in total. The Balaban J connectivity index is 1.77. The third-order valence-electron chi connectivity index (χ3n) is 4.25. The zero-order valence-corrected chi connectivity index (χ0v) is 13.9. The minimum absolute atomic E-state index is 0.0385. The molecule has 1 aromatic carbocycles. The second kappa shape index (κ2) is 6.83. The number of amides is 1. The topological polar surface area (TPSA) is 66.3 Å². The number of carbonyl (C=O) groups is 1. The fraction of sp³-hybridized carbons (Fsp3) is 0.316. The molecule has 0 bridgehead atoms. The van der Waals surface area contributed by atoms with Crippen molar-refractivity contribution in [1.82, 2.24) is 14.9 Å². The summed E-state index contributed by atoms with van der Waals surface area (Å²) in [5.41, 5.74) is 3.36. The first kappa shape index (κ1) is 16.2. The SMILES string of the molecule is CC(C)N1CC(c2cc(CCc3ccccc3)ncn2)=C(O)C1=O. The van der Waals surface area contributed by atoms with Crippen molar-refractivity contribution < 1.29 is 9.90 Å². The van der Waals surface area contributed by atoms with Gasteiger partial charge in [0.2, 0.25) is 0 Å². The van der Waals surface area contributed by atoms with Crippen LogP contribution in [-0.4, -0.2) is 38.5 Å². The summed E-state index contributed by atoms with van der Waals surface area (Å²) in [6.45, 7) is 4.25. The molecular formula is C19H21N3O2. The van der Waals surface area contributed by atoms with Crippen LogP contribution in [0.25, 0.3) is 5.57 Å². The average Bonchev–Trinajstić information content (AvgIpc) is 2.90. The lowest BCUT2D eigenvalue weighted by Crippen LogP contribution is -2.33. The molecule has 0 aliphatic carbocycles. The highest BCUT2D eigenvalue weighted by Crippen LogP contribution is 2.26. The molecule has 1 amide bonds. The van der Waals surface area contributed by atoms with E-state index in [1.54, 1.807) is 4.90 Å². The fourth-order valence-electron chi connectivity index (χ4n) is 2.82. The zero-order valence-electron chi connectivity index (χ0n) is 13.9. The van der Waals surface area contributed by atoms with Gasteiger partial charge in [0, 0.05) is 17.3 Å². The van der Waals surface area contributed by atoms with Crippen LogP contribution in [0.1, 0.15) is 30.8 Å². The molecule has 5 heteroatoms. The smallest absolute Gasteiger partial charge is 0.289 e. The van der Waals surface area contributed by atoms with Gasteiger partial charge in [-0.25, -0.2) is 9.97 Å². The summed E-state index contributed by atoms with van der Waals surface area (Å²) in [6.07, 6.45) is 3.17. The molecule has 0 atom stereocenters. The van der Waals surface area contributed by atoms with Crippen molar-refractivity contribution in [2.24, 2.45) is 0 Å². The summed E-state index contributed by atoms with van der Waals surface area (Å²) in [5.74, 6) is -0.527. The van der Waals surface area contributed by atoms with Gasteiger partial charge < -0.3 is 10.0 Å². The molecule has 0 radical (unpaired) electrons. The Kier molecular flexibility index (Phi) is 4.60. The lowest BCUT2D eigenvalue weighted by molar-refractivity contribution is -0.129. The van der Waals surface area contributed by atoms with E-state index in [2.05, 4.69) is 22.1 Å². The molecule has 1 aromatic heterocycles. The minimum atomic E-state index is -0.329. The molecule has 0 saturated carbocycles. The molecule has 24 heavy (non-hydrogen) atoms. The molecule has 5 nitrogen and oxygen atoms in total. The maximum atomic E-state index is 12.1. The van der Waals surface area contributed by atoms with Crippen LogP contribution in [0.2, 0.25) is 0 Å². The first-order chi connectivity index (χ1) is 11.6. The number of nitrogens with zero attached hydrogens (tertiary/aromatic N) is 3. The van der Waals surface area contributed by atoms with Crippen molar-refractivity contribution in [2.45, 2.75) is 32.7 Å². The number of aromatic nitrogens is 2. The van der Waals surface area contributed by atoms with E-state index in [1.807, 2.05) is 38.1 Å². The third kappa shape index (κ3) is 3.30. The molecule has 3 rings (SSSR count). The van der Waals surface area contributed by atoms with Crippen LogP contribution >= 0.6 is 0 Å². The van der Waals surface area contributed by atoms with E-state index in [9.17, 15) is 9.90 Å². The summed E-state index contributed by atoms with van der Waals surface area (Å²) < 4.78 is 0. The predicted octanol–water partition coefficient (Wildman–Crippen LogP) is 2.78. The Morgan fingerprint density at radius 3 is 2.58 bits per heavy atom. The Labute approximate surface area is 141 Å². The zero-order chi connectivity index (χ0) is 17.1. The number of hydrogen-bond donors (Lipinski definition) is 1. The second-order valence-electron chi connectivity index (χ2n) is 6.23. The van der Waals surface area contributed by atoms with E-state index in [-0.39, 0.29) is 17.7 Å². The molecule has 0 unspecified atom stereocenters. The van der Waals surface area contributed by atoms with Crippen LogP contribution in [0.3, 0.4) is 0 Å². The molecule has 124 valence electrons. The normalized spacial score (nSPS) is 14.8. The molecule has 2 aromatic rings. The van der Waals surface area contributed by atoms with Gasteiger partial charge in [0.25, 0.3) is 5.91 Å². The van der Waals surface area contributed by atoms with E-state index < -0.39 is 0 Å². The monoisotopic (exact) mass is 323 g/mol. The third-order valence-corrected chi connectivity index (χ3v) is 4.25. The summed E-state index contributed by atoms with van der Waals surface area (Å²) in [7, 11) is 0. The average molecular weight is 323 g/mol. The second-order valence-corrected chi connectivity index (χ2v) is 6.23. The van der Waals surface area contributed by atoms with Gasteiger partial charge in [-0.05, 0) is 38.3 Å². The van der Waals surface area contributed by atoms with Gasteiger partial charge in [0.1, 0.15) is 6.33 Å². The number of carbonyl (C=O) groups excluding carboxylic acids is 1. The van der Waals surface area contributed by atoms with Crippen molar-refractivity contribution in [2.75, 3.05) is 6.54 Å². The van der Waals surface area contributed by atoms with Gasteiger partial charge in [-0.3, -0.25) is 4.79 Å². The van der Waals surface area contributed by atoms with Gasteiger partial charge in [0.15, 0.2) is 5.76 Å². The molecule has 0 fully saturated rings. The number of rotatable bonds is 5. The summed E-state index contributed by atoms with van der Waals surface area (Å²) in [6, 6.07) is 12.1. The lowest BCUT2D eigenvalue weighted by Gasteiger charge is -2.20. The van der Waals surface area contributed by atoms with E-state index in [0.29, 0.717) is 17.8 Å². The molecule has 2 heterocycles. The standard InChI is InChI=1S/C19H21N3O2/c1-13(2)22-11-16(18(23)19(22)24)17-10-15(20-12-21-17)9-8-14-6-4-3-5-7-14/h3-7,10,12-13,23H,8-9,11H2,1-2H3. The largest absolute Gasteiger partial charge is 0.503 e. The van der Waals surface area contributed by atoms with Crippen molar-refractivity contribution >= 4 is 11.5 Å². The highest BCUT2D eigenvalue weighted by atomic mass is 16.3. The van der Waals surface area contributed by atoms with E-state index >= 15 is 0 Å². The molecule has 0 spiro atoms. The number of benzene rings is 1. The van der Waals surface area contributed by atoms with Gasteiger partial charge in [-0.1, -0.05) is 30.3 Å². The van der Waals surface area contributed by atoms with E-state index in [4.69, 9.17) is 0 Å². The van der Waals surface area contributed by atoms with Crippen molar-refractivity contribution in [3.63, 3.8) is 0 Å². The Bertz CT molecular complexity index is 769. The number of aryl methyl sites for hydroxylation is 2. The predicted molar refractivity (Wildman–Crippen MR) is 92.3 cm³/mol. The highest BCUT2D eigenvalue weighted by Gasteiger charge is 2.33. The Hall–Kier alpha value is -2.69. The van der Waals surface area contributed by atoms with Crippen LogP contribution in [0.5, 0.6) is 0 Å². The number of aliphatic hydroxyl groups excluding tert-OH is 1. The highest BCUT2D eigenvalue weighted by molar-refractivity contribution is 6.03. The lowest BCUT2D eigenvalue weighted by atomic mass is 10.1. The van der Waals surface area contributed by atoms with Crippen molar-refractivity contribution in [3.05, 3.63) is 65.4 Å². The molecular weight excluding hydrogens is 302 g/mol. The minimum Gasteiger partial charge on any atom is -0.503 e. The van der Waals surface area contributed by atoms with Crippen LogP contribution < -0.4 is 0 Å². The molecule has 0 saturated heterocycles. The Morgan fingerprint density at radius 1 is 1.17 bits per heavy atom. The van der Waals surface area contributed by atoms with Gasteiger partial charge in [-0.15, -0.1) is 0 Å². The summed E-state index contributed by atoms with van der Waals surface area (Å²) in [4.78, 5) is 22.3. The van der Waals surface area contributed by atoms with E-state index in [1.165, 1.54) is 11.9 Å². The maximum absolute atomic E-state index is 12.1. The van der Waals surface area contributed by atoms with Crippen molar-refractivity contribution in [3.8, 4) is 0 Å². The van der Waals surface area contributed by atoms with Gasteiger partial charge >= 0.3 is 0 Å². The van der Waals surface area contributed by atoms with Crippen LogP contribution in [-0.2, 0) is 17.6 Å². The van der Waals surface area contributed by atoms with Gasteiger partial charge in [-0.2, -0.15) is 0 Å². The van der Waals surface area contributed by atoms with Gasteiger partial charge in [0.05, 0.1) is 12.2 Å². The van der Waals surface area contributed by atoms with E-state index in [0.717, 1.165) is 18.5 Å². The van der Waals surface area contributed by atoms with Crippen LogP contribution in [0.15, 0.2) is 48.5 Å². The van der Waals surface area contributed by atoms with Crippen LogP contribution in [0, 0.1) is 0 Å². The molecule has 1 aliphatic heterocycles. The van der Waals surface area contributed by atoms with Crippen molar-refractivity contribution in [1.29, 1.82) is 0 Å². The number of aliphatic hydroxyl groups is 1. The quantitative estimate of drug-likeness (QED) is 0.919. The maximum Gasteiger partial charge on any atom is 0.289 e. The Morgan fingerprint density at radius 2 is 1.92 bits per heavy atom. The van der Waals surface area contributed by atoms with Crippen LogP contribution in [0.4, 0.5) is 0 Å². The first-order valence-corrected chi connectivity index (χ1v) is 8.14. The fourth-order valence-corrected chi connectivity index (χ4v) is 2.82. The number of hydrogen-bond acceptors (Lipinski definition) is 4.